The number of aryl methyl sites for hydroxylation is 1. The number of anilines is 3. The number of halogens is 1. The highest BCUT2D eigenvalue weighted by atomic mass is 79.9. The lowest BCUT2D eigenvalue weighted by Crippen LogP contribution is -2.22. The third kappa shape index (κ3) is 3.68. The first-order chi connectivity index (χ1) is 9.60. The first-order valence-corrected chi connectivity index (χ1v) is 7.06. The van der Waals surface area contributed by atoms with Gasteiger partial charge in [-0.2, -0.15) is 0 Å². The molecule has 0 fully saturated rings. The van der Waals surface area contributed by atoms with E-state index >= 15 is 0 Å². The second kappa shape index (κ2) is 6.67. The number of nitrogens with one attached hydrogen (secondary N) is 1. The first-order valence-electron chi connectivity index (χ1n) is 6.27. The Morgan fingerprint density at radius 2 is 2.10 bits per heavy atom. The number of benzene rings is 1. The smallest absolute Gasteiger partial charge is 0.135 e. The Hall–Kier alpha value is -1.66. The van der Waals surface area contributed by atoms with Crippen LogP contribution >= 0.6 is 15.9 Å². The lowest BCUT2D eigenvalue weighted by Gasteiger charge is -2.17. The van der Waals surface area contributed by atoms with Crippen molar-refractivity contribution in [1.82, 2.24) is 9.97 Å². The Morgan fingerprint density at radius 1 is 1.30 bits per heavy atom. The number of nitrogens with zero attached hydrogens (tertiary/aromatic N) is 3. The van der Waals surface area contributed by atoms with Crippen molar-refractivity contribution in [3.05, 3.63) is 40.6 Å². The van der Waals surface area contributed by atoms with Gasteiger partial charge in [0, 0.05) is 29.8 Å². The molecule has 0 aliphatic carbocycles. The zero-order valence-electron chi connectivity index (χ0n) is 11.5. The van der Waals surface area contributed by atoms with Gasteiger partial charge in [-0.25, -0.2) is 9.97 Å². The highest BCUT2D eigenvalue weighted by molar-refractivity contribution is 9.10. The molecule has 0 bridgehead atoms. The van der Waals surface area contributed by atoms with Gasteiger partial charge >= 0.3 is 0 Å². The summed E-state index contributed by atoms with van der Waals surface area (Å²) in [5.74, 6) is 1.48. The molecule has 0 saturated heterocycles. The van der Waals surface area contributed by atoms with Crippen LogP contribution in [0, 0.1) is 6.92 Å². The van der Waals surface area contributed by atoms with Crippen molar-refractivity contribution in [1.29, 1.82) is 0 Å². The second-order valence-corrected chi connectivity index (χ2v) is 5.35. The predicted molar refractivity (Wildman–Crippen MR) is 84.5 cm³/mol. The van der Waals surface area contributed by atoms with Crippen LogP contribution in [0.2, 0.25) is 0 Å². The maximum atomic E-state index is 8.95. The zero-order chi connectivity index (χ0) is 14.5. The van der Waals surface area contributed by atoms with E-state index in [9.17, 15) is 0 Å². The largest absolute Gasteiger partial charge is 0.395 e. The van der Waals surface area contributed by atoms with Crippen LogP contribution in [-0.2, 0) is 0 Å². The molecule has 20 heavy (non-hydrogen) atoms. The van der Waals surface area contributed by atoms with Crippen LogP contribution in [0.15, 0.2) is 35.1 Å². The zero-order valence-corrected chi connectivity index (χ0v) is 13.1. The van der Waals surface area contributed by atoms with Gasteiger partial charge in [0.1, 0.15) is 18.0 Å². The molecule has 2 rings (SSSR count). The Bertz CT molecular complexity index is 591. The Morgan fingerprint density at radius 3 is 2.80 bits per heavy atom. The number of aliphatic hydroxyl groups is 1. The molecule has 1 aromatic heterocycles. The molecular weight excluding hydrogens is 320 g/mol. The number of hydrogen-bond donors (Lipinski definition) is 2. The van der Waals surface area contributed by atoms with Crippen LogP contribution in [0.1, 0.15) is 5.56 Å². The molecule has 0 atom stereocenters. The van der Waals surface area contributed by atoms with Gasteiger partial charge in [-0.15, -0.1) is 0 Å². The van der Waals surface area contributed by atoms with E-state index in [0.29, 0.717) is 6.54 Å². The minimum Gasteiger partial charge on any atom is -0.395 e. The van der Waals surface area contributed by atoms with E-state index in [1.807, 2.05) is 43.1 Å². The average Bonchev–Trinajstić information content (AvgIpc) is 2.43. The molecule has 0 aliphatic rings. The molecule has 6 heteroatoms. The van der Waals surface area contributed by atoms with Crippen LogP contribution in [0.4, 0.5) is 17.3 Å². The molecule has 1 aromatic carbocycles. The van der Waals surface area contributed by atoms with Crippen LogP contribution in [-0.4, -0.2) is 35.3 Å². The van der Waals surface area contributed by atoms with Gasteiger partial charge in [-0.1, -0.05) is 22.0 Å². The minimum atomic E-state index is 0.0914. The summed E-state index contributed by atoms with van der Waals surface area (Å²) in [7, 11) is 1.88. The quantitative estimate of drug-likeness (QED) is 0.879. The van der Waals surface area contributed by atoms with E-state index in [1.54, 1.807) is 0 Å². The molecule has 5 nitrogen and oxygen atoms in total. The van der Waals surface area contributed by atoms with Crippen molar-refractivity contribution in [3.8, 4) is 0 Å². The molecule has 0 unspecified atom stereocenters. The van der Waals surface area contributed by atoms with E-state index in [-0.39, 0.29) is 6.61 Å². The molecule has 0 amide bonds. The van der Waals surface area contributed by atoms with Crippen molar-refractivity contribution >= 4 is 33.3 Å². The van der Waals surface area contributed by atoms with Crippen molar-refractivity contribution in [2.75, 3.05) is 30.4 Å². The normalized spacial score (nSPS) is 10.4. The summed E-state index contributed by atoms with van der Waals surface area (Å²) in [6.07, 6.45) is 1.51. The van der Waals surface area contributed by atoms with E-state index in [1.165, 1.54) is 11.9 Å². The van der Waals surface area contributed by atoms with Crippen molar-refractivity contribution in [3.63, 3.8) is 0 Å². The molecule has 2 N–H and O–H groups in total. The fraction of sp³-hybridized carbons (Fsp3) is 0.286. The van der Waals surface area contributed by atoms with Gasteiger partial charge < -0.3 is 15.3 Å². The van der Waals surface area contributed by atoms with Gasteiger partial charge in [0.25, 0.3) is 0 Å². The number of hydrogen-bond acceptors (Lipinski definition) is 5. The Labute approximate surface area is 126 Å². The third-order valence-electron chi connectivity index (χ3n) is 2.92. The number of likely N-dealkylation sites (N-methyl/N-ethyl adjacent to an activating group) is 1. The van der Waals surface area contributed by atoms with Gasteiger partial charge in [0.05, 0.1) is 6.61 Å². The van der Waals surface area contributed by atoms with Crippen LogP contribution in [0.25, 0.3) is 0 Å². The summed E-state index contributed by atoms with van der Waals surface area (Å²) in [5, 5.41) is 12.2. The number of aromatic nitrogens is 2. The van der Waals surface area contributed by atoms with Crippen LogP contribution < -0.4 is 10.2 Å². The molecule has 0 saturated carbocycles. The molecule has 2 aromatic rings. The lowest BCUT2D eigenvalue weighted by molar-refractivity contribution is 0.304. The number of aliphatic hydroxyl groups excluding tert-OH is 1. The van der Waals surface area contributed by atoms with Gasteiger partial charge in [-0.05, 0) is 24.6 Å². The first kappa shape index (κ1) is 14.7. The lowest BCUT2D eigenvalue weighted by atomic mass is 10.2. The van der Waals surface area contributed by atoms with Crippen LogP contribution in [0.5, 0.6) is 0 Å². The monoisotopic (exact) mass is 336 g/mol. The molecular formula is C14H17BrN4O. The molecule has 106 valence electrons. The van der Waals surface area contributed by atoms with Gasteiger partial charge in [0.2, 0.25) is 0 Å². The standard InChI is InChI=1S/C14H17BrN4O/c1-10-3-4-11(7-12(10)15)18-13-8-14(17-9-16-13)19(2)5-6-20/h3-4,7-9,20H,5-6H2,1-2H3,(H,16,17,18). The summed E-state index contributed by atoms with van der Waals surface area (Å²) >= 11 is 3.51. The van der Waals surface area contributed by atoms with Crippen molar-refractivity contribution < 1.29 is 5.11 Å². The Kier molecular flexibility index (Phi) is 4.92. The van der Waals surface area contributed by atoms with Crippen molar-refractivity contribution in [2.45, 2.75) is 6.92 Å². The predicted octanol–water partition coefficient (Wildman–Crippen LogP) is 2.72. The fourth-order valence-electron chi connectivity index (χ4n) is 1.71. The van der Waals surface area contributed by atoms with Crippen LogP contribution in [0.3, 0.4) is 0 Å². The molecule has 1 heterocycles. The number of rotatable bonds is 5. The van der Waals surface area contributed by atoms with Crippen molar-refractivity contribution in [2.24, 2.45) is 0 Å². The average molecular weight is 337 g/mol. The molecule has 0 aliphatic heterocycles. The summed E-state index contributed by atoms with van der Waals surface area (Å²) in [6, 6.07) is 7.89. The molecule has 0 spiro atoms. The summed E-state index contributed by atoms with van der Waals surface area (Å²) in [5.41, 5.74) is 2.14. The van der Waals surface area contributed by atoms with E-state index in [2.05, 4.69) is 31.2 Å². The van der Waals surface area contributed by atoms with E-state index in [0.717, 1.165) is 21.8 Å². The Balaban J connectivity index is 2.16. The van der Waals surface area contributed by atoms with Gasteiger partial charge in [0.15, 0.2) is 0 Å². The summed E-state index contributed by atoms with van der Waals surface area (Å²) in [6.45, 7) is 2.67. The topological polar surface area (TPSA) is 61.3 Å². The summed E-state index contributed by atoms with van der Waals surface area (Å²) < 4.78 is 1.05. The fourth-order valence-corrected chi connectivity index (χ4v) is 2.09. The van der Waals surface area contributed by atoms with E-state index < -0.39 is 0 Å². The highest BCUT2D eigenvalue weighted by Gasteiger charge is 2.05. The highest BCUT2D eigenvalue weighted by Crippen LogP contribution is 2.23. The third-order valence-corrected chi connectivity index (χ3v) is 3.78. The second-order valence-electron chi connectivity index (χ2n) is 4.50. The summed E-state index contributed by atoms with van der Waals surface area (Å²) in [4.78, 5) is 10.3. The van der Waals surface area contributed by atoms with E-state index in [4.69, 9.17) is 5.11 Å². The maximum absolute atomic E-state index is 8.95. The minimum absolute atomic E-state index is 0.0914. The maximum Gasteiger partial charge on any atom is 0.135 e. The van der Waals surface area contributed by atoms with Gasteiger partial charge in [-0.3, -0.25) is 0 Å². The SMILES string of the molecule is Cc1ccc(Nc2cc(N(C)CCO)ncn2)cc1Br. The molecule has 0 radical (unpaired) electrons.